The molecule has 3 aromatic rings. The summed E-state index contributed by atoms with van der Waals surface area (Å²) < 4.78 is 32.6. The van der Waals surface area contributed by atoms with Crippen molar-refractivity contribution in [2.24, 2.45) is 0 Å². The number of ether oxygens (including phenoxy) is 1. The van der Waals surface area contributed by atoms with E-state index in [2.05, 4.69) is 24.1 Å². The highest BCUT2D eigenvalue weighted by Gasteiger charge is 2.30. The van der Waals surface area contributed by atoms with Crippen molar-refractivity contribution in [3.63, 3.8) is 0 Å². The van der Waals surface area contributed by atoms with Crippen molar-refractivity contribution in [3.05, 3.63) is 76.2 Å². The van der Waals surface area contributed by atoms with E-state index in [1.807, 2.05) is 6.07 Å². The van der Waals surface area contributed by atoms with E-state index >= 15 is 0 Å². The summed E-state index contributed by atoms with van der Waals surface area (Å²) in [5, 5.41) is 3.33. The Balaban J connectivity index is 0.00000400. The number of benzene rings is 2. The number of fused-ring (bicyclic) bond motifs is 1. The molecule has 0 bridgehead atoms. The number of nitrogens with zero attached hydrogens (tertiary/aromatic N) is 2. The van der Waals surface area contributed by atoms with Crippen molar-refractivity contribution in [1.82, 2.24) is 4.90 Å². The maximum Gasteiger partial charge on any atom is 0.341 e. The number of carbonyl (C=O) groups excluding carboxylic acids is 2. The molecule has 11 heteroatoms. The summed E-state index contributed by atoms with van der Waals surface area (Å²) in [4.78, 5) is 29.4. The molecule has 0 atom stereocenters. The Morgan fingerprint density at radius 2 is 1.76 bits per heavy atom. The van der Waals surface area contributed by atoms with Crippen LogP contribution in [0.1, 0.15) is 51.9 Å². The molecule has 1 aliphatic rings. The van der Waals surface area contributed by atoms with E-state index in [4.69, 9.17) is 4.74 Å². The normalized spacial score (nSPS) is 13.4. The van der Waals surface area contributed by atoms with Crippen molar-refractivity contribution in [1.29, 1.82) is 0 Å². The lowest BCUT2D eigenvalue weighted by Crippen LogP contribution is -2.35. The van der Waals surface area contributed by atoms with Gasteiger partial charge in [0.15, 0.2) is 0 Å². The highest BCUT2D eigenvalue weighted by Crippen LogP contribution is 2.38. The number of nitrogens with one attached hydrogen (secondary N) is 1. The van der Waals surface area contributed by atoms with E-state index in [0.717, 1.165) is 17.0 Å². The average Bonchev–Trinajstić information content (AvgIpc) is 3.25. The molecule has 38 heavy (non-hydrogen) atoms. The lowest BCUT2D eigenvalue weighted by atomic mass is 10.0. The topological polar surface area (TPSA) is 96.0 Å². The van der Waals surface area contributed by atoms with E-state index in [1.54, 1.807) is 31.2 Å². The molecule has 1 N–H and O–H groups in total. The molecule has 4 rings (SSSR count). The van der Waals surface area contributed by atoms with Crippen LogP contribution in [0.3, 0.4) is 0 Å². The number of rotatable bonds is 8. The first kappa shape index (κ1) is 29.6. The van der Waals surface area contributed by atoms with E-state index in [9.17, 15) is 18.0 Å². The van der Waals surface area contributed by atoms with Crippen molar-refractivity contribution in [2.45, 2.75) is 44.7 Å². The van der Waals surface area contributed by atoms with Crippen LogP contribution in [0, 0.1) is 0 Å². The molecular formula is C27H32ClN3O5S2. The Kier molecular flexibility index (Phi) is 9.59. The van der Waals surface area contributed by atoms with Crippen LogP contribution in [0.2, 0.25) is 0 Å². The Morgan fingerprint density at radius 3 is 2.37 bits per heavy atom. The maximum absolute atomic E-state index is 13.1. The van der Waals surface area contributed by atoms with Crippen LogP contribution < -0.4 is 9.62 Å². The summed E-state index contributed by atoms with van der Waals surface area (Å²) in [6.45, 7) is 7.79. The fourth-order valence-corrected chi connectivity index (χ4v) is 6.71. The average molecular weight is 578 g/mol. The standard InChI is InChI=1S/C27H31N3O5S2.ClH/c1-5-35-27(32)24-22-15-16-30(18(2)3)17-23(22)36-26(24)28-25(31)19-11-13-21(14-12-19)37(33,34)29(4)20-9-7-6-8-10-20;/h6-14,18H,5,15-17H2,1-4H3,(H,28,31);1H. The van der Waals surface area contributed by atoms with Crippen LogP contribution in [0.25, 0.3) is 0 Å². The number of hydrogen-bond donors (Lipinski definition) is 1. The van der Waals surface area contributed by atoms with Crippen LogP contribution in [0.4, 0.5) is 10.7 Å². The van der Waals surface area contributed by atoms with E-state index in [-0.39, 0.29) is 29.5 Å². The zero-order valence-electron chi connectivity index (χ0n) is 21.8. The Bertz CT molecular complexity index is 1390. The molecule has 1 aliphatic heterocycles. The van der Waals surface area contributed by atoms with Crippen molar-refractivity contribution < 1.29 is 22.7 Å². The Morgan fingerprint density at radius 1 is 1.11 bits per heavy atom. The van der Waals surface area contributed by atoms with Gasteiger partial charge in [0.2, 0.25) is 0 Å². The van der Waals surface area contributed by atoms with Crippen LogP contribution in [-0.4, -0.2) is 51.4 Å². The molecule has 1 amide bonds. The number of halogens is 1. The van der Waals surface area contributed by atoms with E-state index in [0.29, 0.717) is 35.3 Å². The molecule has 2 heterocycles. The number of hydrogen-bond acceptors (Lipinski definition) is 7. The molecule has 0 fully saturated rings. The second-order valence-electron chi connectivity index (χ2n) is 9.03. The summed E-state index contributed by atoms with van der Waals surface area (Å²) in [5.74, 6) is -0.871. The Labute approximate surface area is 234 Å². The molecule has 1 aromatic heterocycles. The molecule has 8 nitrogen and oxygen atoms in total. The van der Waals surface area contributed by atoms with Crippen molar-refractivity contribution in [3.8, 4) is 0 Å². The van der Waals surface area contributed by atoms with E-state index < -0.39 is 21.9 Å². The minimum atomic E-state index is -3.79. The van der Waals surface area contributed by atoms with Gasteiger partial charge in [-0.15, -0.1) is 23.7 Å². The lowest BCUT2D eigenvalue weighted by molar-refractivity contribution is 0.0526. The fraction of sp³-hybridized carbons (Fsp3) is 0.333. The molecule has 0 saturated carbocycles. The lowest BCUT2D eigenvalue weighted by Gasteiger charge is -2.30. The SMILES string of the molecule is CCOC(=O)c1c(NC(=O)c2ccc(S(=O)(=O)N(C)c3ccccc3)cc2)sc2c1CCN(C(C)C)C2.Cl. The molecule has 0 unspecified atom stereocenters. The molecule has 204 valence electrons. The third kappa shape index (κ3) is 6.04. The molecular weight excluding hydrogens is 546 g/mol. The van der Waals surface area contributed by atoms with Crippen LogP contribution in [0.15, 0.2) is 59.5 Å². The number of thiophene rings is 1. The zero-order chi connectivity index (χ0) is 26.7. The van der Waals surface area contributed by atoms with Crippen LogP contribution in [0.5, 0.6) is 0 Å². The molecule has 0 aliphatic carbocycles. The summed E-state index contributed by atoms with van der Waals surface area (Å²) in [5.41, 5.74) is 2.17. The molecule has 0 spiro atoms. The van der Waals surface area contributed by atoms with Gasteiger partial charge in [0.05, 0.1) is 22.8 Å². The predicted octanol–water partition coefficient (Wildman–Crippen LogP) is 5.19. The predicted molar refractivity (Wildman–Crippen MR) is 153 cm³/mol. The molecule has 0 saturated heterocycles. The minimum absolute atomic E-state index is 0. The largest absolute Gasteiger partial charge is 0.462 e. The van der Waals surface area contributed by atoms with Crippen LogP contribution in [-0.2, 0) is 27.7 Å². The number of sulfonamides is 1. The van der Waals surface area contributed by atoms with Gasteiger partial charge in [0, 0.05) is 36.6 Å². The summed E-state index contributed by atoms with van der Waals surface area (Å²) in [6, 6.07) is 14.9. The monoisotopic (exact) mass is 577 g/mol. The second-order valence-corrected chi connectivity index (χ2v) is 12.1. The van der Waals surface area contributed by atoms with Gasteiger partial charge in [0.1, 0.15) is 5.00 Å². The first-order chi connectivity index (χ1) is 17.6. The van der Waals surface area contributed by atoms with Gasteiger partial charge in [-0.3, -0.25) is 14.0 Å². The second kappa shape index (κ2) is 12.3. The van der Waals surface area contributed by atoms with E-state index in [1.165, 1.54) is 47.0 Å². The smallest absolute Gasteiger partial charge is 0.341 e. The highest BCUT2D eigenvalue weighted by molar-refractivity contribution is 7.92. The first-order valence-corrected chi connectivity index (χ1v) is 14.4. The molecule has 0 radical (unpaired) electrons. The van der Waals surface area contributed by atoms with Crippen molar-refractivity contribution >= 4 is 56.3 Å². The summed E-state index contributed by atoms with van der Waals surface area (Å²) >= 11 is 1.39. The minimum Gasteiger partial charge on any atom is -0.462 e. The Hall–Kier alpha value is -2.92. The number of anilines is 2. The number of amides is 1. The van der Waals surface area contributed by atoms with Gasteiger partial charge in [-0.05, 0) is 69.2 Å². The third-order valence-corrected chi connectivity index (χ3v) is 9.35. The van der Waals surface area contributed by atoms with Gasteiger partial charge < -0.3 is 10.1 Å². The number of esters is 1. The van der Waals surface area contributed by atoms with Gasteiger partial charge in [-0.2, -0.15) is 0 Å². The third-order valence-electron chi connectivity index (χ3n) is 6.42. The van der Waals surface area contributed by atoms with Gasteiger partial charge in [0.25, 0.3) is 15.9 Å². The quantitative estimate of drug-likeness (QED) is 0.370. The summed E-state index contributed by atoms with van der Waals surface area (Å²) in [7, 11) is -2.31. The summed E-state index contributed by atoms with van der Waals surface area (Å²) in [6.07, 6.45) is 0.704. The highest BCUT2D eigenvalue weighted by atomic mass is 35.5. The first-order valence-electron chi connectivity index (χ1n) is 12.1. The maximum atomic E-state index is 13.1. The number of carbonyl (C=O) groups is 2. The molecule has 2 aromatic carbocycles. The van der Waals surface area contributed by atoms with Crippen LogP contribution >= 0.6 is 23.7 Å². The zero-order valence-corrected chi connectivity index (χ0v) is 24.2. The fourth-order valence-electron chi connectivity index (χ4n) is 4.26. The van der Waals surface area contributed by atoms with Gasteiger partial charge in [-0.25, -0.2) is 13.2 Å². The van der Waals surface area contributed by atoms with Gasteiger partial charge >= 0.3 is 5.97 Å². The number of para-hydroxylation sites is 1. The van der Waals surface area contributed by atoms with Gasteiger partial charge in [-0.1, -0.05) is 18.2 Å². The van der Waals surface area contributed by atoms with Crippen molar-refractivity contribution in [2.75, 3.05) is 29.8 Å².